The fourth-order valence-corrected chi connectivity index (χ4v) is 2.98. The van der Waals surface area contributed by atoms with Crippen molar-refractivity contribution in [1.29, 1.82) is 0 Å². The van der Waals surface area contributed by atoms with Crippen LogP contribution < -0.4 is 5.32 Å². The SMILES string of the molecule is CCN1CCCCC1CNC(=O)CC(O)c1ccccc1. The first-order chi connectivity index (χ1) is 10.2. The molecule has 1 aliphatic rings. The molecule has 1 aromatic carbocycles. The number of nitrogens with one attached hydrogen (secondary N) is 1. The number of aliphatic hydroxyl groups is 1. The number of rotatable bonds is 6. The summed E-state index contributed by atoms with van der Waals surface area (Å²) in [4.78, 5) is 14.4. The Balaban J connectivity index is 1.76. The lowest BCUT2D eigenvalue weighted by Crippen LogP contribution is -2.46. The van der Waals surface area contributed by atoms with Gasteiger partial charge in [-0.1, -0.05) is 43.7 Å². The van der Waals surface area contributed by atoms with E-state index in [1.54, 1.807) is 0 Å². The zero-order valence-corrected chi connectivity index (χ0v) is 12.8. The molecule has 4 heteroatoms. The van der Waals surface area contributed by atoms with Crippen LogP contribution >= 0.6 is 0 Å². The van der Waals surface area contributed by atoms with Crippen LogP contribution in [-0.2, 0) is 4.79 Å². The summed E-state index contributed by atoms with van der Waals surface area (Å²) in [7, 11) is 0. The highest BCUT2D eigenvalue weighted by Crippen LogP contribution is 2.17. The monoisotopic (exact) mass is 290 g/mol. The van der Waals surface area contributed by atoms with Crippen LogP contribution in [0, 0.1) is 0 Å². The van der Waals surface area contributed by atoms with Crippen LogP contribution in [0.15, 0.2) is 30.3 Å². The molecule has 1 saturated heterocycles. The standard InChI is InChI=1S/C17H26N2O2/c1-2-19-11-7-6-10-15(19)13-18-17(21)12-16(20)14-8-4-3-5-9-14/h3-5,8-9,15-16,20H,2,6-7,10-13H2,1H3,(H,18,21). The van der Waals surface area contributed by atoms with Crippen LogP contribution in [0.5, 0.6) is 0 Å². The number of benzene rings is 1. The molecule has 116 valence electrons. The van der Waals surface area contributed by atoms with Gasteiger partial charge in [0.1, 0.15) is 0 Å². The minimum Gasteiger partial charge on any atom is -0.388 e. The maximum absolute atomic E-state index is 12.0. The summed E-state index contributed by atoms with van der Waals surface area (Å²) in [6.07, 6.45) is 3.05. The van der Waals surface area contributed by atoms with Gasteiger partial charge in [-0.3, -0.25) is 9.69 Å². The van der Waals surface area contributed by atoms with Gasteiger partial charge in [0, 0.05) is 12.6 Å². The lowest BCUT2D eigenvalue weighted by molar-refractivity contribution is -0.123. The Morgan fingerprint density at radius 3 is 2.86 bits per heavy atom. The summed E-state index contributed by atoms with van der Waals surface area (Å²) < 4.78 is 0. The number of likely N-dealkylation sites (N-methyl/N-ethyl adjacent to an activating group) is 1. The van der Waals surface area contributed by atoms with Crippen LogP contribution in [-0.4, -0.2) is 41.6 Å². The predicted molar refractivity (Wildman–Crippen MR) is 83.9 cm³/mol. The van der Waals surface area contributed by atoms with Gasteiger partial charge in [0.2, 0.25) is 5.91 Å². The highest BCUT2D eigenvalue weighted by molar-refractivity contribution is 5.76. The average molecular weight is 290 g/mol. The van der Waals surface area contributed by atoms with E-state index >= 15 is 0 Å². The van der Waals surface area contributed by atoms with Crippen molar-refractivity contribution in [2.45, 2.75) is 44.8 Å². The molecule has 0 saturated carbocycles. The summed E-state index contributed by atoms with van der Waals surface area (Å²) in [5.41, 5.74) is 0.792. The molecule has 0 aromatic heterocycles. The topological polar surface area (TPSA) is 52.6 Å². The summed E-state index contributed by atoms with van der Waals surface area (Å²) in [6, 6.07) is 9.78. The molecule has 0 bridgehead atoms. The predicted octanol–water partition coefficient (Wildman–Crippen LogP) is 2.10. The molecule has 0 spiro atoms. The minimum absolute atomic E-state index is 0.0759. The molecule has 1 heterocycles. The lowest BCUT2D eigenvalue weighted by Gasteiger charge is -2.34. The Kier molecular flexibility index (Phi) is 6.21. The number of likely N-dealkylation sites (tertiary alicyclic amines) is 1. The molecule has 2 rings (SSSR count). The second-order valence-corrected chi connectivity index (χ2v) is 5.71. The van der Waals surface area contributed by atoms with E-state index < -0.39 is 6.10 Å². The number of aliphatic hydroxyl groups excluding tert-OH is 1. The number of carbonyl (C=O) groups is 1. The van der Waals surface area contributed by atoms with Crippen molar-refractivity contribution < 1.29 is 9.90 Å². The second kappa shape index (κ2) is 8.15. The van der Waals surface area contributed by atoms with Crippen molar-refractivity contribution >= 4 is 5.91 Å². The van der Waals surface area contributed by atoms with Gasteiger partial charge < -0.3 is 10.4 Å². The Labute approximate surface area is 127 Å². The molecule has 1 aliphatic heterocycles. The fourth-order valence-electron chi connectivity index (χ4n) is 2.98. The van der Waals surface area contributed by atoms with E-state index in [1.807, 2.05) is 30.3 Å². The van der Waals surface area contributed by atoms with Crippen molar-refractivity contribution in [2.24, 2.45) is 0 Å². The van der Waals surface area contributed by atoms with Gasteiger partial charge >= 0.3 is 0 Å². The second-order valence-electron chi connectivity index (χ2n) is 5.71. The van der Waals surface area contributed by atoms with Gasteiger partial charge in [0.15, 0.2) is 0 Å². The van der Waals surface area contributed by atoms with E-state index in [0.29, 0.717) is 12.6 Å². The molecule has 2 atom stereocenters. The molecule has 2 unspecified atom stereocenters. The molecule has 4 nitrogen and oxygen atoms in total. The Hall–Kier alpha value is -1.39. The first-order valence-electron chi connectivity index (χ1n) is 7.94. The van der Waals surface area contributed by atoms with Gasteiger partial charge in [-0.2, -0.15) is 0 Å². The molecular formula is C17H26N2O2. The first kappa shape index (κ1) is 16.0. The van der Waals surface area contributed by atoms with E-state index in [1.165, 1.54) is 12.8 Å². The third-order valence-corrected chi connectivity index (χ3v) is 4.25. The molecule has 1 aromatic rings. The van der Waals surface area contributed by atoms with Crippen molar-refractivity contribution in [1.82, 2.24) is 10.2 Å². The quantitative estimate of drug-likeness (QED) is 0.843. The summed E-state index contributed by atoms with van der Waals surface area (Å²) >= 11 is 0. The average Bonchev–Trinajstić information content (AvgIpc) is 2.54. The molecule has 21 heavy (non-hydrogen) atoms. The molecule has 1 amide bonds. The molecule has 0 aliphatic carbocycles. The molecule has 0 radical (unpaired) electrons. The number of amides is 1. The van der Waals surface area contributed by atoms with Crippen LogP contribution in [0.4, 0.5) is 0 Å². The lowest BCUT2D eigenvalue weighted by atomic mass is 10.0. The molecular weight excluding hydrogens is 264 g/mol. The third-order valence-electron chi connectivity index (χ3n) is 4.25. The zero-order chi connectivity index (χ0) is 15.1. The van der Waals surface area contributed by atoms with E-state index in [4.69, 9.17) is 0 Å². The number of piperidine rings is 1. The first-order valence-corrected chi connectivity index (χ1v) is 7.94. The molecule has 2 N–H and O–H groups in total. The van der Waals surface area contributed by atoms with Gasteiger partial charge in [-0.15, -0.1) is 0 Å². The maximum atomic E-state index is 12.0. The highest BCUT2D eigenvalue weighted by Gasteiger charge is 2.21. The number of carbonyl (C=O) groups excluding carboxylic acids is 1. The van der Waals surface area contributed by atoms with E-state index in [2.05, 4.69) is 17.1 Å². The van der Waals surface area contributed by atoms with E-state index in [-0.39, 0.29) is 12.3 Å². The minimum atomic E-state index is -0.722. The van der Waals surface area contributed by atoms with Gasteiger partial charge in [-0.05, 0) is 31.5 Å². The van der Waals surface area contributed by atoms with Crippen molar-refractivity contribution in [3.8, 4) is 0 Å². The van der Waals surface area contributed by atoms with Crippen LogP contribution in [0.3, 0.4) is 0 Å². The summed E-state index contributed by atoms with van der Waals surface area (Å²) in [5, 5.41) is 13.0. The molecule has 1 fully saturated rings. The van der Waals surface area contributed by atoms with Crippen molar-refractivity contribution in [3.63, 3.8) is 0 Å². The van der Waals surface area contributed by atoms with Gasteiger partial charge in [-0.25, -0.2) is 0 Å². The van der Waals surface area contributed by atoms with Gasteiger partial charge in [0.05, 0.1) is 12.5 Å². The van der Waals surface area contributed by atoms with E-state index in [9.17, 15) is 9.90 Å². The van der Waals surface area contributed by atoms with Crippen molar-refractivity contribution in [2.75, 3.05) is 19.6 Å². The number of hydrogen-bond donors (Lipinski definition) is 2. The number of nitrogens with zero attached hydrogens (tertiary/aromatic N) is 1. The largest absolute Gasteiger partial charge is 0.388 e. The summed E-state index contributed by atoms with van der Waals surface area (Å²) in [6.45, 7) is 5.02. The summed E-state index contributed by atoms with van der Waals surface area (Å²) in [5.74, 6) is -0.0759. The van der Waals surface area contributed by atoms with Crippen LogP contribution in [0.2, 0.25) is 0 Å². The van der Waals surface area contributed by atoms with Gasteiger partial charge in [0.25, 0.3) is 0 Å². The highest BCUT2D eigenvalue weighted by atomic mass is 16.3. The van der Waals surface area contributed by atoms with Crippen molar-refractivity contribution in [3.05, 3.63) is 35.9 Å². The normalized spacial score (nSPS) is 21.0. The van der Waals surface area contributed by atoms with Crippen LogP contribution in [0.25, 0.3) is 0 Å². The third kappa shape index (κ3) is 4.83. The fraction of sp³-hybridized carbons (Fsp3) is 0.588. The Bertz CT molecular complexity index is 436. The Morgan fingerprint density at radius 1 is 1.38 bits per heavy atom. The Morgan fingerprint density at radius 2 is 2.14 bits per heavy atom. The zero-order valence-electron chi connectivity index (χ0n) is 12.8. The maximum Gasteiger partial charge on any atom is 0.223 e. The van der Waals surface area contributed by atoms with E-state index in [0.717, 1.165) is 25.1 Å². The smallest absolute Gasteiger partial charge is 0.223 e. The number of hydrogen-bond acceptors (Lipinski definition) is 3. The van der Waals surface area contributed by atoms with Crippen LogP contribution in [0.1, 0.15) is 44.3 Å².